The van der Waals surface area contributed by atoms with Gasteiger partial charge >= 0.3 is 0 Å². The zero-order valence-corrected chi connectivity index (χ0v) is 16.9. The molecule has 2 aromatic rings. The number of nitrogens with zero attached hydrogens (tertiary/aromatic N) is 5. The lowest BCUT2D eigenvalue weighted by Crippen LogP contribution is -2.46. The fourth-order valence-corrected chi connectivity index (χ4v) is 3.90. The third kappa shape index (κ3) is 3.75. The number of benzene rings is 1. The molecule has 0 bridgehead atoms. The molecule has 0 N–H and O–H groups in total. The van der Waals surface area contributed by atoms with Gasteiger partial charge in [-0.25, -0.2) is 13.2 Å². The molecule has 2 aliphatic rings. The zero-order chi connectivity index (χ0) is 22.4. The number of carbonyl (C=O) groups is 3. The van der Waals surface area contributed by atoms with Crippen LogP contribution in [0.3, 0.4) is 0 Å². The Morgan fingerprint density at radius 3 is 2.45 bits per heavy atom. The summed E-state index contributed by atoms with van der Waals surface area (Å²) >= 11 is 0. The fourth-order valence-electron chi connectivity index (χ4n) is 3.90. The molecule has 31 heavy (non-hydrogen) atoms. The predicted molar refractivity (Wildman–Crippen MR) is 102 cm³/mol. The Morgan fingerprint density at radius 2 is 1.84 bits per heavy atom. The van der Waals surface area contributed by atoms with Crippen LogP contribution in [0.2, 0.25) is 0 Å². The molecule has 2 aliphatic heterocycles. The van der Waals surface area contributed by atoms with Crippen LogP contribution in [0, 0.1) is 17.5 Å². The van der Waals surface area contributed by atoms with Gasteiger partial charge in [-0.05, 0) is 24.6 Å². The highest BCUT2D eigenvalue weighted by atomic mass is 19.2. The third-order valence-corrected chi connectivity index (χ3v) is 5.61. The van der Waals surface area contributed by atoms with Crippen LogP contribution < -0.4 is 4.90 Å². The summed E-state index contributed by atoms with van der Waals surface area (Å²) in [5.74, 6) is -5.14. The van der Waals surface area contributed by atoms with Crippen LogP contribution in [-0.4, -0.2) is 56.6 Å². The van der Waals surface area contributed by atoms with Crippen LogP contribution in [-0.2, 0) is 33.9 Å². The van der Waals surface area contributed by atoms with Crippen LogP contribution in [0.4, 0.5) is 18.9 Å². The first-order chi connectivity index (χ1) is 14.7. The molecule has 0 saturated carbocycles. The number of hydrogen-bond acceptors (Lipinski definition) is 4. The molecule has 0 radical (unpaired) electrons. The molecule has 8 nitrogen and oxygen atoms in total. The highest BCUT2D eigenvalue weighted by Gasteiger charge is 2.36. The van der Waals surface area contributed by atoms with Gasteiger partial charge in [-0.3, -0.25) is 24.0 Å². The van der Waals surface area contributed by atoms with E-state index in [-0.39, 0.29) is 49.6 Å². The Bertz CT molecular complexity index is 1060. The molecule has 3 amide bonds. The van der Waals surface area contributed by atoms with E-state index in [1.807, 2.05) is 6.92 Å². The quantitative estimate of drug-likeness (QED) is 0.684. The van der Waals surface area contributed by atoms with Crippen molar-refractivity contribution in [3.8, 4) is 0 Å². The average Bonchev–Trinajstić information content (AvgIpc) is 3.28. The molecule has 3 heterocycles. The summed E-state index contributed by atoms with van der Waals surface area (Å²) in [6.45, 7) is 3.77. The minimum atomic E-state index is -1.58. The number of aromatic nitrogens is 2. The van der Waals surface area contributed by atoms with Crippen LogP contribution in [0.15, 0.2) is 18.3 Å². The van der Waals surface area contributed by atoms with E-state index in [0.29, 0.717) is 17.9 Å². The van der Waals surface area contributed by atoms with Crippen molar-refractivity contribution in [3.05, 3.63) is 47.0 Å². The van der Waals surface area contributed by atoms with Gasteiger partial charge in [0.15, 0.2) is 17.5 Å². The van der Waals surface area contributed by atoms with E-state index in [2.05, 4.69) is 5.10 Å². The van der Waals surface area contributed by atoms with Crippen molar-refractivity contribution in [1.29, 1.82) is 0 Å². The lowest BCUT2D eigenvalue weighted by Gasteiger charge is -2.35. The number of halogens is 3. The summed E-state index contributed by atoms with van der Waals surface area (Å²) in [6.07, 6.45) is 1.23. The number of anilines is 1. The number of hydrogen-bond donors (Lipinski definition) is 0. The Hall–Kier alpha value is -3.37. The van der Waals surface area contributed by atoms with E-state index in [1.54, 1.807) is 4.68 Å². The molecular formula is C20H20F3N5O3. The van der Waals surface area contributed by atoms with Crippen LogP contribution in [0.1, 0.15) is 25.1 Å². The maximum absolute atomic E-state index is 13.5. The van der Waals surface area contributed by atoms with E-state index < -0.39 is 23.4 Å². The lowest BCUT2D eigenvalue weighted by atomic mass is 10.1. The van der Waals surface area contributed by atoms with Crippen LogP contribution >= 0.6 is 0 Å². The monoisotopic (exact) mass is 435 g/mol. The molecule has 0 unspecified atom stereocenters. The van der Waals surface area contributed by atoms with Gasteiger partial charge in [0, 0.05) is 13.0 Å². The molecule has 1 aromatic carbocycles. The van der Waals surface area contributed by atoms with E-state index in [9.17, 15) is 27.6 Å². The summed E-state index contributed by atoms with van der Waals surface area (Å²) < 4.78 is 41.9. The van der Waals surface area contributed by atoms with Crippen molar-refractivity contribution in [2.24, 2.45) is 0 Å². The van der Waals surface area contributed by atoms with E-state index in [4.69, 9.17) is 0 Å². The molecule has 1 fully saturated rings. The highest BCUT2D eigenvalue weighted by molar-refractivity contribution is 6.00. The molecule has 1 aromatic heterocycles. The molecule has 164 valence electrons. The average molecular weight is 435 g/mol. The standard InChI is InChI=1S/C20H20F3N5O3/c1-11-7-28-17(16(6-24-28)27-10-25(12(2)29)9-19(27)31)8-26(11)18(30)5-13-3-14(21)20(23)15(22)4-13/h3-4,6,11H,5,7-10H2,1-2H3/t11-/m0/s1. The first-order valence-corrected chi connectivity index (χ1v) is 9.69. The maximum Gasteiger partial charge on any atom is 0.248 e. The van der Waals surface area contributed by atoms with Crippen molar-refractivity contribution in [3.63, 3.8) is 0 Å². The van der Waals surface area contributed by atoms with Crippen molar-refractivity contribution in [2.75, 3.05) is 18.1 Å². The zero-order valence-electron chi connectivity index (χ0n) is 16.9. The molecule has 1 saturated heterocycles. The molecular weight excluding hydrogens is 415 g/mol. The van der Waals surface area contributed by atoms with E-state index in [1.165, 1.54) is 27.8 Å². The Morgan fingerprint density at radius 1 is 1.16 bits per heavy atom. The normalized spacial score (nSPS) is 18.5. The number of carbonyl (C=O) groups excluding carboxylic acids is 3. The molecule has 0 spiro atoms. The van der Waals surface area contributed by atoms with Crippen LogP contribution in [0.5, 0.6) is 0 Å². The van der Waals surface area contributed by atoms with Gasteiger partial charge in [0.2, 0.25) is 17.7 Å². The van der Waals surface area contributed by atoms with Crippen molar-refractivity contribution < 1.29 is 27.6 Å². The number of rotatable bonds is 3. The Balaban J connectivity index is 1.55. The summed E-state index contributed by atoms with van der Waals surface area (Å²) in [5, 5.41) is 4.31. The van der Waals surface area contributed by atoms with Gasteiger partial charge in [-0.15, -0.1) is 0 Å². The lowest BCUT2D eigenvalue weighted by molar-refractivity contribution is -0.134. The summed E-state index contributed by atoms with van der Waals surface area (Å²) in [5.41, 5.74) is 1.17. The second-order valence-corrected chi connectivity index (χ2v) is 7.76. The van der Waals surface area contributed by atoms with E-state index >= 15 is 0 Å². The summed E-state index contributed by atoms with van der Waals surface area (Å²) in [7, 11) is 0. The number of fused-ring (bicyclic) bond motifs is 1. The van der Waals surface area contributed by atoms with Crippen molar-refractivity contribution in [1.82, 2.24) is 19.6 Å². The van der Waals surface area contributed by atoms with Gasteiger partial charge < -0.3 is 9.80 Å². The topological polar surface area (TPSA) is 78.8 Å². The second kappa shape index (κ2) is 7.71. The highest BCUT2D eigenvalue weighted by Crippen LogP contribution is 2.29. The minimum Gasteiger partial charge on any atom is -0.332 e. The fraction of sp³-hybridized carbons (Fsp3) is 0.400. The summed E-state index contributed by atoms with van der Waals surface area (Å²) in [4.78, 5) is 41.3. The minimum absolute atomic E-state index is 0.0271. The SMILES string of the molecule is CC(=O)N1CC(=O)N(c2cnn3c2CN(C(=O)Cc2cc(F)c(F)c(F)c2)[C@@H](C)C3)C1. The molecule has 11 heteroatoms. The second-order valence-electron chi connectivity index (χ2n) is 7.76. The third-order valence-electron chi connectivity index (χ3n) is 5.61. The van der Waals surface area contributed by atoms with Gasteiger partial charge in [-0.2, -0.15) is 5.10 Å². The molecule has 4 rings (SSSR count). The van der Waals surface area contributed by atoms with Gasteiger partial charge in [-0.1, -0.05) is 0 Å². The number of amides is 3. The van der Waals surface area contributed by atoms with Gasteiger partial charge in [0.1, 0.15) is 13.2 Å². The van der Waals surface area contributed by atoms with Crippen molar-refractivity contribution in [2.45, 2.75) is 39.4 Å². The van der Waals surface area contributed by atoms with Crippen molar-refractivity contribution >= 4 is 23.4 Å². The largest absolute Gasteiger partial charge is 0.332 e. The van der Waals surface area contributed by atoms with E-state index in [0.717, 1.165) is 12.1 Å². The van der Waals surface area contributed by atoms with Gasteiger partial charge in [0.05, 0.1) is 37.1 Å². The summed E-state index contributed by atoms with van der Waals surface area (Å²) in [6, 6.07) is 1.35. The first-order valence-electron chi connectivity index (χ1n) is 9.69. The Kier molecular flexibility index (Phi) is 5.19. The maximum atomic E-state index is 13.5. The molecule has 0 aliphatic carbocycles. The predicted octanol–water partition coefficient (Wildman–Crippen LogP) is 1.43. The first kappa shape index (κ1) is 20.9. The Labute approximate surface area is 175 Å². The molecule has 1 atom stereocenters. The van der Waals surface area contributed by atoms with Gasteiger partial charge in [0.25, 0.3) is 0 Å². The smallest absolute Gasteiger partial charge is 0.248 e. The van der Waals surface area contributed by atoms with Crippen LogP contribution in [0.25, 0.3) is 0 Å².